The summed E-state index contributed by atoms with van der Waals surface area (Å²) in [5.41, 5.74) is 0.937. The molecule has 27 heavy (non-hydrogen) atoms. The van der Waals surface area contributed by atoms with E-state index in [2.05, 4.69) is 10.6 Å². The maximum atomic E-state index is 13.1. The number of amides is 1. The van der Waals surface area contributed by atoms with E-state index in [0.29, 0.717) is 18.7 Å². The van der Waals surface area contributed by atoms with E-state index in [-0.39, 0.29) is 16.3 Å². The summed E-state index contributed by atoms with van der Waals surface area (Å²) < 4.78 is 35.5. The fraction of sp³-hybridized carbons (Fsp3) is 0.111. The predicted molar refractivity (Wildman–Crippen MR) is 98.2 cm³/mol. The average Bonchev–Trinajstić information content (AvgIpc) is 2.61. The number of carbonyl (C=O) groups is 1. The molecule has 1 amide bonds. The van der Waals surface area contributed by atoms with Crippen LogP contribution >= 0.6 is 0 Å². The minimum absolute atomic E-state index is 0.0874. The second-order valence-corrected chi connectivity index (χ2v) is 7.09. The summed E-state index contributed by atoms with van der Waals surface area (Å²) >= 11 is 0. The molecule has 0 aliphatic heterocycles. The first-order valence-corrected chi connectivity index (χ1v) is 9.36. The molecule has 0 radical (unpaired) electrons. The molecule has 0 atom stereocenters. The van der Waals surface area contributed by atoms with Crippen molar-refractivity contribution in [2.45, 2.75) is 11.3 Å². The van der Waals surface area contributed by atoms with Crippen molar-refractivity contribution in [3.8, 4) is 6.07 Å². The Hall–Kier alpha value is -3.22. The van der Waals surface area contributed by atoms with Gasteiger partial charge in [-0.25, -0.2) is 17.9 Å². The number of anilines is 1. The maximum absolute atomic E-state index is 13.1. The number of primary sulfonamides is 1. The topological polar surface area (TPSA) is 125 Å². The highest BCUT2D eigenvalue weighted by Crippen LogP contribution is 2.13. The third-order valence-corrected chi connectivity index (χ3v) is 4.43. The van der Waals surface area contributed by atoms with Crippen molar-refractivity contribution in [3.63, 3.8) is 0 Å². The van der Waals surface area contributed by atoms with Gasteiger partial charge in [0.1, 0.15) is 17.5 Å². The molecule has 0 heterocycles. The second-order valence-electron chi connectivity index (χ2n) is 5.53. The highest BCUT2D eigenvalue weighted by Gasteiger charge is 2.11. The van der Waals surface area contributed by atoms with Gasteiger partial charge >= 0.3 is 0 Å². The SMILES string of the molecule is N#C/C(=C/NCCc1cccc(F)c1)C(=O)Nc1ccc(S(N)(=O)=O)cc1. The molecule has 0 aliphatic rings. The Morgan fingerprint density at radius 2 is 1.93 bits per heavy atom. The lowest BCUT2D eigenvalue weighted by molar-refractivity contribution is -0.112. The molecule has 2 rings (SSSR count). The largest absolute Gasteiger partial charge is 0.389 e. The Kier molecular flexibility index (Phi) is 6.65. The number of hydrogen-bond donors (Lipinski definition) is 3. The average molecular weight is 388 g/mol. The van der Waals surface area contributed by atoms with Gasteiger partial charge in [0.2, 0.25) is 10.0 Å². The Morgan fingerprint density at radius 3 is 2.52 bits per heavy atom. The van der Waals surface area contributed by atoms with Crippen LogP contribution in [0.4, 0.5) is 10.1 Å². The summed E-state index contributed by atoms with van der Waals surface area (Å²) in [6, 6.07) is 13.1. The normalized spacial score (nSPS) is 11.5. The number of nitrogens with two attached hydrogens (primary N) is 1. The number of halogens is 1. The number of nitrogens with zero attached hydrogens (tertiary/aromatic N) is 1. The van der Waals surface area contributed by atoms with Gasteiger partial charge in [0.05, 0.1) is 4.90 Å². The van der Waals surface area contributed by atoms with Gasteiger partial charge in [-0.2, -0.15) is 5.26 Å². The highest BCUT2D eigenvalue weighted by molar-refractivity contribution is 7.89. The fourth-order valence-corrected chi connectivity index (χ4v) is 2.67. The van der Waals surface area contributed by atoms with Crippen LogP contribution in [0, 0.1) is 17.1 Å². The summed E-state index contributed by atoms with van der Waals surface area (Å²) in [7, 11) is -3.82. The molecule has 9 heteroatoms. The van der Waals surface area contributed by atoms with Crippen LogP contribution in [0.3, 0.4) is 0 Å². The van der Waals surface area contributed by atoms with Crippen LogP contribution in [0.5, 0.6) is 0 Å². The zero-order chi connectivity index (χ0) is 19.9. The lowest BCUT2D eigenvalue weighted by Crippen LogP contribution is -2.18. The van der Waals surface area contributed by atoms with E-state index in [1.807, 2.05) is 0 Å². The first-order chi connectivity index (χ1) is 12.8. The van der Waals surface area contributed by atoms with Gasteiger partial charge < -0.3 is 10.6 Å². The quantitative estimate of drug-likeness (QED) is 0.378. The van der Waals surface area contributed by atoms with Gasteiger partial charge in [0.25, 0.3) is 5.91 Å². The molecular formula is C18H17FN4O3S. The van der Waals surface area contributed by atoms with Crippen molar-refractivity contribution in [2.75, 3.05) is 11.9 Å². The molecule has 2 aromatic carbocycles. The van der Waals surface area contributed by atoms with Gasteiger partial charge in [0.15, 0.2) is 0 Å². The van der Waals surface area contributed by atoms with Gasteiger partial charge in [-0.1, -0.05) is 12.1 Å². The van der Waals surface area contributed by atoms with E-state index in [0.717, 1.165) is 5.56 Å². The molecule has 0 fully saturated rings. The van der Waals surface area contributed by atoms with Crippen molar-refractivity contribution < 1.29 is 17.6 Å². The fourth-order valence-electron chi connectivity index (χ4n) is 2.16. The van der Waals surface area contributed by atoms with Crippen molar-refractivity contribution in [2.24, 2.45) is 5.14 Å². The van der Waals surface area contributed by atoms with Crippen LogP contribution in [0.2, 0.25) is 0 Å². The van der Waals surface area contributed by atoms with Crippen LogP contribution in [0.15, 0.2) is 65.2 Å². The molecule has 0 aliphatic carbocycles. The standard InChI is InChI=1S/C18H17FN4O3S/c19-15-3-1-2-13(10-15)8-9-22-12-14(11-20)18(24)23-16-4-6-17(7-5-16)27(21,25)26/h1-7,10,12,22H,8-9H2,(H,23,24)(H2,21,25,26)/b14-12-. The van der Waals surface area contributed by atoms with E-state index >= 15 is 0 Å². The van der Waals surface area contributed by atoms with Gasteiger partial charge in [-0.15, -0.1) is 0 Å². The minimum Gasteiger partial charge on any atom is -0.389 e. The molecular weight excluding hydrogens is 371 g/mol. The monoisotopic (exact) mass is 388 g/mol. The Morgan fingerprint density at radius 1 is 1.22 bits per heavy atom. The first kappa shape index (κ1) is 20.1. The Bertz CT molecular complexity index is 996. The Labute approximate surface area is 156 Å². The number of rotatable bonds is 7. The predicted octanol–water partition coefficient (Wildman–Crippen LogP) is 1.65. The molecule has 2 aromatic rings. The van der Waals surface area contributed by atoms with E-state index in [4.69, 9.17) is 10.4 Å². The molecule has 0 saturated carbocycles. The third kappa shape index (κ3) is 6.22. The van der Waals surface area contributed by atoms with E-state index in [1.165, 1.54) is 42.6 Å². The smallest absolute Gasteiger partial charge is 0.267 e. The first-order valence-electron chi connectivity index (χ1n) is 7.82. The summed E-state index contributed by atoms with van der Waals surface area (Å²) in [6.07, 6.45) is 1.79. The number of hydrogen-bond acceptors (Lipinski definition) is 5. The molecule has 140 valence electrons. The number of nitrogens with one attached hydrogen (secondary N) is 2. The summed E-state index contributed by atoms with van der Waals surface area (Å²) in [4.78, 5) is 12.0. The third-order valence-electron chi connectivity index (χ3n) is 3.50. The van der Waals surface area contributed by atoms with Gasteiger partial charge in [-0.05, 0) is 48.4 Å². The highest BCUT2D eigenvalue weighted by atomic mass is 32.2. The number of sulfonamides is 1. The molecule has 0 spiro atoms. The molecule has 7 nitrogen and oxygen atoms in total. The lowest BCUT2D eigenvalue weighted by Gasteiger charge is -2.06. The number of carbonyl (C=O) groups excluding carboxylic acids is 1. The molecule has 4 N–H and O–H groups in total. The van der Waals surface area contributed by atoms with Crippen LogP contribution in [0.1, 0.15) is 5.56 Å². The zero-order valence-electron chi connectivity index (χ0n) is 14.1. The van der Waals surface area contributed by atoms with Crippen LogP contribution in [0.25, 0.3) is 0 Å². The van der Waals surface area contributed by atoms with Crippen molar-refractivity contribution in [3.05, 3.63) is 71.7 Å². The number of nitriles is 1. The van der Waals surface area contributed by atoms with Crippen LogP contribution in [-0.4, -0.2) is 20.9 Å². The number of benzene rings is 2. The summed E-state index contributed by atoms with van der Waals surface area (Å²) in [5.74, 6) is -0.979. The van der Waals surface area contributed by atoms with Crippen molar-refractivity contribution >= 4 is 21.6 Å². The van der Waals surface area contributed by atoms with Crippen molar-refractivity contribution in [1.82, 2.24) is 5.32 Å². The van der Waals surface area contributed by atoms with Crippen LogP contribution in [-0.2, 0) is 21.2 Å². The molecule has 0 aromatic heterocycles. The maximum Gasteiger partial charge on any atom is 0.267 e. The van der Waals surface area contributed by atoms with Crippen molar-refractivity contribution in [1.29, 1.82) is 5.26 Å². The van der Waals surface area contributed by atoms with Gasteiger partial charge in [0, 0.05) is 18.4 Å². The molecule has 0 unspecified atom stereocenters. The molecule has 0 bridgehead atoms. The Balaban J connectivity index is 1.93. The second kappa shape index (κ2) is 8.93. The molecule has 0 saturated heterocycles. The minimum atomic E-state index is -3.82. The summed E-state index contributed by atoms with van der Waals surface area (Å²) in [5, 5.41) is 19.4. The van der Waals surface area contributed by atoms with E-state index in [1.54, 1.807) is 18.2 Å². The lowest BCUT2D eigenvalue weighted by atomic mass is 10.1. The summed E-state index contributed by atoms with van der Waals surface area (Å²) in [6.45, 7) is 0.408. The van der Waals surface area contributed by atoms with Gasteiger partial charge in [-0.3, -0.25) is 4.79 Å². The van der Waals surface area contributed by atoms with Crippen LogP contribution < -0.4 is 15.8 Å². The van der Waals surface area contributed by atoms with E-state index in [9.17, 15) is 17.6 Å². The van der Waals surface area contributed by atoms with E-state index < -0.39 is 15.9 Å². The zero-order valence-corrected chi connectivity index (χ0v) is 15.0.